The Labute approximate surface area is 136 Å². The van der Waals surface area contributed by atoms with Crippen molar-refractivity contribution in [2.75, 3.05) is 13.1 Å². The lowest BCUT2D eigenvalue weighted by molar-refractivity contribution is 0.0779. The summed E-state index contributed by atoms with van der Waals surface area (Å²) >= 11 is 0. The minimum atomic E-state index is -0.350. The first-order valence-corrected chi connectivity index (χ1v) is 7.97. The lowest BCUT2D eigenvalue weighted by Gasteiger charge is -2.39. The highest BCUT2D eigenvalue weighted by molar-refractivity contribution is 5.67. The summed E-state index contributed by atoms with van der Waals surface area (Å²) < 4.78 is 5.39. The predicted octanol–water partition coefficient (Wildman–Crippen LogP) is 3.27. The molecule has 120 valence electrons. The number of ether oxygens (including phenoxy) is 1. The van der Waals surface area contributed by atoms with Crippen molar-refractivity contribution in [2.24, 2.45) is 5.73 Å². The van der Waals surface area contributed by atoms with Crippen molar-refractivity contribution in [3.05, 3.63) is 71.8 Å². The molecule has 0 bridgehead atoms. The first kappa shape index (κ1) is 15.6. The fraction of sp³-hybridized carbons (Fsp3) is 0.316. The Morgan fingerprint density at radius 3 is 2.17 bits per heavy atom. The lowest BCUT2D eigenvalue weighted by Crippen LogP contribution is -2.49. The van der Waals surface area contributed by atoms with Gasteiger partial charge < -0.3 is 15.4 Å². The quantitative estimate of drug-likeness (QED) is 0.946. The molecule has 1 fully saturated rings. The van der Waals surface area contributed by atoms with Gasteiger partial charge in [-0.15, -0.1) is 0 Å². The van der Waals surface area contributed by atoms with E-state index >= 15 is 0 Å². The maximum atomic E-state index is 12.2. The molecular weight excluding hydrogens is 288 g/mol. The smallest absolute Gasteiger partial charge is 0.410 e. The van der Waals surface area contributed by atoms with Gasteiger partial charge in [-0.3, -0.25) is 0 Å². The number of amides is 1. The van der Waals surface area contributed by atoms with E-state index in [4.69, 9.17) is 10.5 Å². The zero-order valence-corrected chi connectivity index (χ0v) is 13.2. The van der Waals surface area contributed by atoms with Crippen LogP contribution in [0.1, 0.15) is 24.0 Å². The van der Waals surface area contributed by atoms with E-state index in [1.807, 2.05) is 48.5 Å². The van der Waals surface area contributed by atoms with Gasteiger partial charge in [0, 0.05) is 18.6 Å². The van der Waals surface area contributed by atoms with Gasteiger partial charge in [0.05, 0.1) is 0 Å². The minimum absolute atomic E-state index is 0.260. The highest BCUT2D eigenvalue weighted by atomic mass is 16.6. The molecule has 2 N–H and O–H groups in total. The van der Waals surface area contributed by atoms with E-state index in [1.165, 1.54) is 0 Å². The monoisotopic (exact) mass is 310 g/mol. The van der Waals surface area contributed by atoms with Crippen LogP contribution in [0.25, 0.3) is 0 Å². The van der Waals surface area contributed by atoms with E-state index in [2.05, 4.69) is 12.1 Å². The molecule has 0 radical (unpaired) electrons. The highest BCUT2D eigenvalue weighted by Crippen LogP contribution is 2.30. The maximum absolute atomic E-state index is 12.2. The fourth-order valence-electron chi connectivity index (χ4n) is 2.96. The second-order valence-corrected chi connectivity index (χ2v) is 6.05. The average Bonchev–Trinajstić information content (AvgIpc) is 2.62. The van der Waals surface area contributed by atoms with Crippen LogP contribution in [-0.2, 0) is 16.9 Å². The molecule has 0 spiro atoms. The molecule has 1 saturated heterocycles. The number of rotatable bonds is 3. The van der Waals surface area contributed by atoms with E-state index in [0.717, 1.165) is 24.0 Å². The van der Waals surface area contributed by atoms with Crippen LogP contribution >= 0.6 is 0 Å². The Balaban J connectivity index is 1.53. The molecule has 4 heteroatoms. The van der Waals surface area contributed by atoms with Crippen molar-refractivity contribution in [3.63, 3.8) is 0 Å². The second-order valence-electron chi connectivity index (χ2n) is 6.05. The third-order valence-electron chi connectivity index (χ3n) is 4.47. The van der Waals surface area contributed by atoms with Crippen molar-refractivity contribution < 1.29 is 9.53 Å². The van der Waals surface area contributed by atoms with Gasteiger partial charge in [-0.25, -0.2) is 4.79 Å². The van der Waals surface area contributed by atoms with Gasteiger partial charge in [0.2, 0.25) is 0 Å². The van der Waals surface area contributed by atoms with Gasteiger partial charge in [0.1, 0.15) is 6.61 Å². The number of benzene rings is 2. The number of nitrogens with two attached hydrogens (primary N) is 1. The summed E-state index contributed by atoms with van der Waals surface area (Å²) in [6.45, 7) is 1.56. The van der Waals surface area contributed by atoms with Crippen LogP contribution in [0.4, 0.5) is 4.79 Å². The summed E-state index contributed by atoms with van der Waals surface area (Å²) in [5.74, 6) is 0. The van der Waals surface area contributed by atoms with Gasteiger partial charge in [0.15, 0.2) is 0 Å². The molecule has 1 amide bonds. The van der Waals surface area contributed by atoms with Crippen molar-refractivity contribution in [1.29, 1.82) is 0 Å². The van der Waals surface area contributed by atoms with Crippen molar-refractivity contribution in [2.45, 2.75) is 25.0 Å². The number of carbonyl (C=O) groups excluding carboxylic acids is 1. The first-order valence-electron chi connectivity index (χ1n) is 7.97. The number of piperidine rings is 1. The third-order valence-corrected chi connectivity index (χ3v) is 4.47. The molecule has 3 rings (SSSR count). The molecule has 2 aromatic rings. The van der Waals surface area contributed by atoms with Crippen LogP contribution in [0, 0.1) is 0 Å². The van der Waals surface area contributed by atoms with Gasteiger partial charge in [-0.1, -0.05) is 60.7 Å². The van der Waals surface area contributed by atoms with Gasteiger partial charge in [-0.05, 0) is 24.0 Å². The molecule has 2 aromatic carbocycles. The summed E-state index contributed by atoms with van der Waals surface area (Å²) in [5, 5.41) is 0. The van der Waals surface area contributed by atoms with Crippen LogP contribution in [0.3, 0.4) is 0 Å². The molecular formula is C19H22N2O2. The summed E-state index contributed by atoms with van der Waals surface area (Å²) in [5.41, 5.74) is 8.31. The zero-order chi connectivity index (χ0) is 16.1. The maximum Gasteiger partial charge on any atom is 0.410 e. The molecule has 1 heterocycles. The van der Waals surface area contributed by atoms with E-state index in [-0.39, 0.29) is 11.6 Å². The molecule has 0 atom stereocenters. The van der Waals surface area contributed by atoms with Crippen molar-refractivity contribution in [1.82, 2.24) is 4.90 Å². The summed E-state index contributed by atoms with van der Waals surface area (Å²) in [4.78, 5) is 13.9. The van der Waals surface area contributed by atoms with Crippen LogP contribution < -0.4 is 5.73 Å². The molecule has 0 aliphatic carbocycles. The normalized spacial score (nSPS) is 16.8. The van der Waals surface area contributed by atoms with Gasteiger partial charge >= 0.3 is 6.09 Å². The van der Waals surface area contributed by atoms with E-state index < -0.39 is 0 Å². The summed E-state index contributed by atoms with van der Waals surface area (Å²) in [7, 11) is 0. The third kappa shape index (κ3) is 3.71. The molecule has 4 nitrogen and oxygen atoms in total. The second kappa shape index (κ2) is 6.84. The van der Waals surface area contributed by atoms with Crippen LogP contribution in [0.5, 0.6) is 0 Å². The molecule has 1 aliphatic heterocycles. The molecule has 0 saturated carbocycles. The SMILES string of the molecule is NC1(c2ccccc2)CCN(C(=O)OCc2ccccc2)CC1. The number of hydrogen-bond donors (Lipinski definition) is 1. The topological polar surface area (TPSA) is 55.6 Å². The van der Waals surface area contributed by atoms with E-state index in [1.54, 1.807) is 4.90 Å². The Morgan fingerprint density at radius 2 is 1.57 bits per heavy atom. The molecule has 0 aromatic heterocycles. The lowest BCUT2D eigenvalue weighted by atomic mass is 9.82. The first-order chi connectivity index (χ1) is 11.2. The molecule has 23 heavy (non-hydrogen) atoms. The predicted molar refractivity (Wildman–Crippen MR) is 89.7 cm³/mol. The Bertz CT molecular complexity index is 635. The summed E-state index contributed by atoms with van der Waals surface area (Å²) in [6.07, 6.45) is 1.23. The van der Waals surface area contributed by atoms with Crippen molar-refractivity contribution in [3.8, 4) is 0 Å². The number of carbonyl (C=O) groups is 1. The fourth-order valence-corrected chi connectivity index (χ4v) is 2.96. The van der Waals surface area contributed by atoms with E-state index in [9.17, 15) is 4.79 Å². The van der Waals surface area contributed by atoms with Gasteiger partial charge in [-0.2, -0.15) is 0 Å². The van der Waals surface area contributed by atoms with Gasteiger partial charge in [0.25, 0.3) is 0 Å². The number of hydrogen-bond acceptors (Lipinski definition) is 3. The van der Waals surface area contributed by atoms with Crippen molar-refractivity contribution >= 4 is 6.09 Å². The molecule has 1 aliphatic rings. The standard InChI is InChI=1S/C19H22N2O2/c20-19(17-9-5-2-6-10-17)11-13-21(14-12-19)18(22)23-15-16-7-3-1-4-8-16/h1-10H,11-15,20H2. The Hall–Kier alpha value is -2.33. The highest BCUT2D eigenvalue weighted by Gasteiger charge is 2.34. The van der Waals surface area contributed by atoms with Crippen LogP contribution in [0.15, 0.2) is 60.7 Å². The zero-order valence-electron chi connectivity index (χ0n) is 13.2. The Morgan fingerprint density at radius 1 is 1.00 bits per heavy atom. The minimum Gasteiger partial charge on any atom is -0.445 e. The number of nitrogens with zero attached hydrogens (tertiary/aromatic N) is 1. The number of likely N-dealkylation sites (tertiary alicyclic amines) is 1. The molecule has 0 unspecified atom stereocenters. The largest absolute Gasteiger partial charge is 0.445 e. The average molecular weight is 310 g/mol. The van der Waals surface area contributed by atoms with E-state index in [0.29, 0.717) is 19.7 Å². The summed E-state index contributed by atoms with van der Waals surface area (Å²) in [6, 6.07) is 19.8. The van der Waals surface area contributed by atoms with Crippen LogP contribution in [0.2, 0.25) is 0 Å². The Kier molecular flexibility index (Phi) is 4.63. The van der Waals surface area contributed by atoms with Crippen LogP contribution in [-0.4, -0.2) is 24.1 Å².